The quantitative estimate of drug-likeness (QED) is 0.419. The lowest BCUT2D eigenvalue weighted by atomic mass is 10.1. The molecule has 1 aliphatic rings. The van der Waals surface area contributed by atoms with Crippen LogP contribution in [0.15, 0.2) is 77.5 Å². The normalized spacial score (nSPS) is 13.5. The van der Waals surface area contributed by atoms with Crippen LogP contribution in [0.4, 0.5) is 21.5 Å². The van der Waals surface area contributed by atoms with Crippen LogP contribution >= 0.6 is 23.2 Å². The number of rotatable bonds is 6. The van der Waals surface area contributed by atoms with E-state index in [9.17, 15) is 18.8 Å². The Hall–Kier alpha value is -3.68. The van der Waals surface area contributed by atoms with Crippen LogP contribution in [0.25, 0.3) is 0 Å². The lowest BCUT2D eigenvalue weighted by molar-refractivity contribution is -0.120. The molecule has 0 saturated heterocycles. The lowest BCUT2D eigenvalue weighted by Crippen LogP contribution is -2.32. The van der Waals surface area contributed by atoms with Crippen LogP contribution in [0.3, 0.4) is 0 Å². The number of hydrogen-bond acceptors (Lipinski definition) is 4. The van der Waals surface area contributed by atoms with Crippen LogP contribution < -0.4 is 15.1 Å². The number of halogens is 3. The molecule has 3 amide bonds. The number of anilines is 3. The first-order valence-corrected chi connectivity index (χ1v) is 11.5. The molecule has 0 unspecified atom stereocenters. The van der Waals surface area contributed by atoms with Gasteiger partial charge in [0.2, 0.25) is 0 Å². The fourth-order valence-electron chi connectivity index (χ4n) is 3.70. The average Bonchev–Trinajstić information content (AvgIpc) is 3.06. The first kappa shape index (κ1) is 24.4. The number of carbonyl (C=O) groups is 3. The minimum absolute atomic E-state index is 0.0865. The first-order valence-electron chi connectivity index (χ1n) is 10.7. The topological polar surface area (TPSA) is 69.7 Å². The summed E-state index contributed by atoms with van der Waals surface area (Å²) in [6.45, 7) is 4.12. The predicted molar refractivity (Wildman–Crippen MR) is 135 cm³/mol. The maximum atomic E-state index is 13.6. The zero-order valence-corrected chi connectivity index (χ0v) is 20.3. The summed E-state index contributed by atoms with van der Waals surface area (Å²) in [5, 5.41) is 2.35. The zero-order valence-electron chi connectivity index (χ0n) is 18.8. The van der Waals surface area contributed by atoms with Crippen LogP contribution in [-0.2, 0) is 9.59 Å². The molecule has 0 aliphatic carbocycles. The molecule has 0 radical (unpaired) electrons. The van der Waals surface area contributed by atoms with Crippen LogP contribution in [0.2, 0.25) is 5.02 Å². The van der Waals surface area contributed by atoms with Crippen molar-refractivity contribution in [3.8, 4) is 0 Å². The van der Waals surface area contributed by atoms with E-state index in [1.165, 1.54) is 12.1 Å². The van der Waals surface area contributed by atoms with E-state index in [1.54, 1.807) is 30.0 Å². The Kier molecular flexibility index (Phi) is 6.91. The number of benzene rings is 3. The fraction of sp³-hybridized carbons (Fsp3) is 0.115. The SMILES string of the molecule is CCN(C(=O)c1ccc(C)c(NC2=C(Cl)C(=O)N(c3ccc(F)c(Cl)c3)C2=O)c1)c1ccccc1. The molecule has 6 nitrogen and oxygen atoms in total. The van der Waals surface area contributed by atoms with Crippen molar-refractivity contribution < 1.29 is 18.8 Å². The average molecular weight is 512 g/mol. The van der Waals surface area contributed by atoms with E-state index in [-0.39, 0.29) is 27.3 Å². The Morgan fingerprint density at radius 3 is 2.37 bits per heavy atom. The summed E-state index contributed by atoms with van der Waals surface area (Å²) < 4.78 is 13.6. The van der Waals surface area contributed by atoms with Crippen molar-refractivity contribution in [2.75, 3.05) is 21.7 Å². The molecule has 0 bridgehead atoms. The van der Waals surface area contributed by atoms with E-state index >= 15 is 0 Å². The van der Waals surface area contributed by atoms with E-state index in [1.807, 2.05) is 37.3 Å². The third-order valence-corrected chi connectivity index (χ3v) is 6.20. The van der Waals surface area contributed by atoms with Gasteiger partial charge < -0.3 is 10.2 Å². The third-order valence-electron chi connectivity index (χ3n) is 5.56. The summed E-state index contributed by atoms with van der Waals surface area (Å²) in [5.74, 6) is -2.40. The van der Waals surface area contributed by atoms with Gasteiger partial charge in [-0.15, -0.1) is 0 Å². The largest absolute Gasteiger partial charge is 0.349 e. The number of amides is 3. The van der Waals surface area contributed by atoms with E-state index < -0.39 is 17.6 Å². The molecule has 0 saturated carbocycles. The Morgan fingerprint density at radius 1 is 1.00 bits per heavy atom. The van der Waals surface area contributed by atoms with Gasteiger partial charge in [0.25, 0.3) is 17.7 Å². The maximum absolute atomic E-state index is 13.6. The number of nitrogens with zero attached hydrogens (tertiary/aromatic N) is 2. The van der Waals surface area contributed by atoms with Gasteiger partial charge in [-0.1, -0.05) is 47.5 Å². The predicted octanol–water partition coefficient (Wildman–Crippen LogP) is 5.89. The van der Waals surface area contributed by atoms with E-state index in [2.05, 4.69) is 5.32 Å². The van der Waals surface area contributed by atoms with Crippen molar-refractivity contribution in [1.82, 2.24) is 0 Å². The summed E-state index contributed by atoms with van der Waals surface area (Å²) >= 11 is 12.0. The van der Waals surface area contributed by atoms with Gasteiger partial charge in [-0.05, 0) is 61.9 Å². The molecular weight excluding hydrogens is 492 g/mol. The second-order valence-electron chi connectivity index (χ2n) is 7.77. The van der Waals surface area contributed by atoms with Gasteiger partial charge >= 0.3 is 0 Å². The van der Waals surface area contributed by atoms with Gasteiger partial charge in [-0.25, -0.2) is 9.29 Å². The Morgan fingerprint density at radius 2 is 1.71 bits per heavy atom. The van der Waals surface area contributed by atoms with Gasteiger partial charge in [-0.2, -0.15) is 0 Å². The van der Waals surface area contributed by atoms with Gasteiger partial charge in [0.15, 0.2) is 0 Å². The van der Waals surface area contributed by atoms with Crippen molar-refractivity contribution in [3.63, 3.8) is 0 Å². The Labute approximate surface area is 211 Å². The zero-order chi connectivity index (χ0) is 25.3. The molecule has 3 aromatic carbocycles. The highest BCUT2D eigenvalue weighted by molar-refractivity contribution is 6.53. The van der Waals surface area contributed by atoms with Crippen LogP contribution in [0.5, 0.6) is 0 Å². The number of nitrogens with one attached hydrogen (secondary N) is 1. The highest BCUT2D eigenvalue weighted by atomic mass is 35.5. The first-order chi connectivity index (χ1) is 16.7. The minimum atomic E-state index is -0.770. The smallest absolute Gasteiger partial charge is 0.283 e. The number of para-hydroxylation sites is 1. The molecule has 4 rings (SSSR count). The molecule has 0 aromatic heterocycles. The molecule has 0 fully saturated rings. The summed E-state index contributed by atoms with van der Waals surface area (Å²) in [7, 11) is 0. The third kappa shape index (κ3) is 4.65. The molecule has 0 spiro atoms. The highest BCUT2D eigenvalue weighted by Gasteiger charge is 2.39. The van der Waals surface area contributed by atoms with Crippen molar-refractivity contribution >= 4 is 58.0 Å². The summed E-state index contributed by atoms with van der Waals surface area (Å²) in [4.78, 5) is 41.5. The van der Waals surface area contributed by atoms with E-state index in [0.717, 1.165) is 22.2 Å². The maximum Gasteiger partial charge on any atom is 0.283 e. The molecule has 35 heavy (non-hydrogen) atoms. The number of imide groups is 1. The standard InChI is InChI=1S/C26H20Cl2FN3O3/c1-3-31(17-7-5-4-6-8-17)24(33)16-10-9-15(2)21(13-16)30-23-22(28)25(34)32(26(23)35)18-11-12-20(29)19(27)14-18/h4-14,30H,3H2,1-2H3. The van der Waals surface area contributed by atoms with Crippen LogP contribution in [-0.4, -0.2) is 24.3 Å². The van der Waals surface area contributed by atoms with E-state index in [4.69, 9.17) is 23.2 Å². The van der Waals surface area contributed by atoms with Crippen molar-refractivity contribution in [1.29, 1.82) is 0 Å². The fourth-order valence-corrected chi connectivity index (χ4v) is 4.09. The van der Waals surface area contributed by atoms with Crippen LogP contribution in [0.1, 0.15) is 22.8 Å². The summed E-state index contributed by atoms with van der Waals surface area (Å²) in [6.07, 6.45) is 0. The molecule has 3 aromatic rings. The van der Waals surface area contributed by atoms with Gasteiger partial charge in [0, 0.05) is 23.5 Å². The molecule has 9 heteroatoms. The van der Waals surface area contributed by atoms with Gasteiger partial charge in [-0.3, -0.25) is 14.4 Å². The molecule has 1 heterocycles. The van der Waals surface area contributed by atoms with Crippen LogP contribution in [0, 0.1) is 12.7 Å². The van der Waals surface area contributed by atoms with Crippen molar-refractivity contribution in [2.45, 2.75) is 13.8 Å². The minimum Gasteiger partial charge on any atom is -0.349 e. The highest BCUT2D eigenvalue weighted by Crippen LogP contribution is 2.33. The molecule has 1 N–H and O–H groups in total. The molecule has 1 aliphatic heterocycles. The number of hydrogen-bond donors (Lipinski definition) is 1. The van der Waals surface area contributed by atoms with Gasteiger partial charge in [0.1, 0.15) is 16.5 Å². The Bertz CT molecular complexity index is 1380. The summed E-state index contributed by atoms with van der Waals surface area (Å²) in [6, 6.07) is 17.8. The molecule has 0 atom stereocenters. The number of carbonyl (C=O) groups excluding carboxylic acids is 3. The van der Waals surface area contributed by atoms with Crippen molar-refractivity contribution in [3.05, 3.63) is 99.4 Å². The second-order valence-corrected chi connectivity index (χ2v) is 8.56. The monoisotopic (exact) mass is 511 g/mol. The molecular formula is C26H20Cl2FN3O3. The number of aryl methyl sites for hydroxylation is 1. The summed E-state index contributed by atoms with van der Waals surface area (Å²) in [5.41, 5.74) is 2.24. The molecule has 178 valence electrons. The Balaban J connectivity index is 1.63. The van der Waals surface area contributed by atoms with E-state index in [0.29, 0.717) is 17.8 Å². The van der Waals surface area contributed by atoms with Gasteiger partial charge in [0.05, 0.1) is 10.7 Å². The second kappa shape index (κ2) is 9.90. The van der Waals surface area contributed by atoms with Crippen molar-refractivity contribution in [2.24, 2.45) is 0 Å². The lowest BCUT2D eigenvalue weighted by Gasteiger charge is -2.22.